The Labute approximate surface area is 135 Å². The lowest BCUT2D eigenvalue weighted by atomic mass is 9.89. The normalized spacial score (nSPS) is 22.5. The van der Waals surface area contributed by atoms with Gasteiger partial charge >= 0.3 is 0 Å². The molecule has 0 radical (unpaired) electrons. The summed E-state index contributed by atoms with van der Waals surface area (Å²) in [5.41, 5.74) is 5.01. The Morgan fingerprint density at radius 3 is 2.83 bits per heavy atom. The van der Waals surface area contributed by atoms with E-state index in [4.69, 9.17) is 0 Å². The smallest absolute Gasteiger partial charge is 0.272 e. The zero-order chi connectivity index (χ0) is 16.0. The number of aliphatic hydroxyl groups is 1. The van der Waals surface area contributed by atoms with Gasteiger partial charge in [0.25, 0.3) is 5.91 Å². The van der Waals surface area contributed by atoms with Crippen molar-refractivity contribution in [3.05, 3.63) is 46.8 Å². The Bertz CT molecular complexity index is 760. The molecular weight excluding hydrogens is 290 g/mol. The summed E-state index contributed by atoms with van der Waals surface area (Å²) >= 11 is 0. The molecule has 1 saturated carbocycles. The summed E-state index contributed by atoms with van der Waals surface area (Å²) in [5, 5.41) is 17.0. The number of aryl methyl sites for hydroxylation is 1. The maximum atomic E-state index is 12.6. The monoisotopic (exact) mass is 311 g/mol. The minimum absolute atomic E-state index is 0.0816. The highest BCUT2D eigenvalue weighted by Crippen LogP contribution is 2.29. The standard InChI is InChI=1S/C18H21N3O2/c1-11-5-2-3-7-15(11)21-16-8-4-6-14(16)17(20-21)18(23)19-12-9-13(22)10-12/h2-3,5,7,12-13,22H,4,6,8-10H2,1H3,(H,19,23). The summed E-state index contributed by atoms with van der Waals surface area (Å²) < 4.78 is 1.95. The van der Waals surface area contributed by atoms with Crippen LogP contribution in [-0.4, -0.2) is 32.9 Å². The first kappa shape index (κ1) is 14.5. The van der Waals surface area contributed by atoms with Crippen molar-refractivity contribution in [1.29, 1.82) is 0 Å². The van der Waals surface area contributed by atoms with Crippen LogP contribution in [0.2, 0.25) is 0 Å². The topological polar surface area (TPSA) is 67.2 Å². The second-order valence-electron chi connectivity index (χ2n) is 6.62. The van der Waals surface area contributed by atoms with Crippen molar-refractivity contribution in [2.24, 2.45) is 0 Å². The Hall–Kier alpha value is -2.14. The number of fused-ring (bicyclic) bond motifs is 1. The van der Waals surface area contributed by atoms with E-state index >= 15 is 0 Å². The fraction of sp³-hybridized carbons (Fsp3) is 0.444. The molecule has 1 fully saturated rings. The zero-order valence-corrected chi connectivity index (χ0v) is 13.2. The fourth-order valence-corrected chi connectivity index (χ4v) is 3.58. The molecule has 1 amide bonds. The highest BCUT2D eigenvalue weighted by Gasteiger charge is 2.32. The first-order valence-electron chi connectivity index (χ1n) is 8.29. The van der Waals surface area contributed by atoms with Crippen LogP contribution in [0.4, 0.5) is 0 Å². The fourth-order valence-electron chi connectivity index (χ4n) is 3.58. The molecule has 1 aromatic carbocycles. The van der Waals surface area contributed by atoms with Crippen LogP contribution < -0.4 is 5.32 Å². The second-order valence-corrected chi connectivity index (χ2v) is 6.62. The summed E-state index contributed by atoms with van der Waals surface area (Å²) in [6.07, 6.45) is 3.97. The third-order valence-corrected chi connectivity index (χ3v) is 4.94. The Balaban J connectivity index is 1.68. The van der Waals surface area contributed by atoms with Crippen molar-refractivity contribution in [2.75, 3.05) is 0 Å². The van der Waals surface area contributed by atoms with Gasteiger partial charge in [0.2, 0.25) is 0 Å². The second kappa shape index (κ2) is 5.49. The van der Waals surface area contributed by atoms with Gasteiger partial charge in [-0.1, -0.05) is 18.2 Å². The highest BCUT2D eigenvalue weighted by molar-refractivity contribution is 5.94. The molecule has 0 aliphatic heterocycles. The summed E-state index contributed by atoms with van der Waals surface area (Å²) in [6, 6.07) is 8.20. The number of carbonyl (C=O) groups excluding carboxylic acids is 1. The van der Waals surface area contributed by atoms with Crippen LogP contribution in [-0.2, 0) is 12.8 Å². The van der Waals surface area contributed by atoms with Crippen LogP contribution in [0, 0.1) is 6.92 Å². The maximum Gasteiger partial charge on any atom is 0.272 e. The average molecular weight is 311 g/mol. The minimum atomic E-state index is -0.268. The molecule has 120 valence electrons. The SMILES string of the molecule is Cc1ccccc1-n1nc(C(=O)NC2CC(O)C2)c2c1CCC2. The zero-order valence-electron chi connectivity index (χ0n) is 13.2. The predicted molar refractivity (Wildman–Crippen MR) is 86.8 cm³/mol. The van der Waals surface area contributed by atoms with Crippen molar-refractivity contribution in [3.63, 3.8) is 0 Å². The molecule has 5 heteroatoms. The molecule has 23 heavy (non-hydrogen) atoms. The number of benzene rings is 1. The molecule has 1 aromatic heterocycles. The quantitative estimate of drug-likeness (QED) is 0.910. The van der Waals surface area contributed by atoms with Gasteiger partial charge < -0.3 is 10.4 Å². The molecule has 0 spiro atoms. The van der Waals surface area contributed by atoms with Crippen molar-refractivity contribution < 1.29 is 9.90 Å². The van der Waals surface area contributed by atoms with Gasteiger partial charge in [-0.3, -0.25) is 4.79 Å². The Kier molecular flexibility index (Phi) is 3.45. The molecule has 2 aliphatic carbocycles. The summed E-state index contributed by atoms with van der Waals surface area (Å²) in [4.78, 5) is 12.6. The van der Waals surface area contributed by atoms with E-state index in [9.17, 15) is 9.90 Å². The van der Waals surface area contributed by atoms with E-state index in [-0.39, 0.29) is 18.1 Å². The third kappa shape index (κ3) is 2.45. The summed E-state index contributed by atoms with van der Waals surface area (Å²) in [7, 11) is 0. The number of nitrogens with zero attached hydrogens (tertiary/aromatic N) is 2. The average Bonchev–Trinajstić information content (AvgIpc) is 3.08. The lowest BCUT2D eigenvalue weighted by Crippen LogP contribution is -2.47. The molecule has 5 nitrogen and oxygen atoms in total. The van der Waals surface area contributed by atoms with Gasteiger partial charge in [0.15, 0.2) is 5.69 Å². The number of para-hydroxylation sites is 1. The lowest BCUT2D eigenvalue weighted by Gasteiger charge is -2.31. The van der Waals surface area contributed by atoms with Crippen molar-refractivity contribution in [1.82, 2.24) is 15.1 Å². The van der Waals surface area contributed by atoms with E-state index in [1.807, 2.05) is 22.9 Å². The number of amides is 1. The molecule has 0 saturated heterocycles. The number of aliphatic hydroxyl groups excluding tert-OH is 1. The van der Waals surface area contributed by atoms with Crippen LogP contribution in [0.1, 0.15) is 46.6 Å². The van der Waals surface area contributed by atoms with Gasteiger partial charge in [0.1, 0.15) is 0 Å². The molecule has 2 N–H and O–H groups in total. The number of hydrogen-bond donors (Lipinski definition) is 2. The number of carbonyl (C=O) groups is 1. The predicted octanol–water partition coefficient (Wildman–Crippen LogP) is 1.92. The summed E-state index contributed by atoms with van der Waals surface area (Å²) in [5.74, 6) is -0.104. The number of nitrogens with one attached hydrogen (secondary N) is 1. The number of aromatic nitrogens is 2. The van der Waals surface area contributed by atoms with E-state index in [0.29, 0.717) is 18.5 Å². The van der Waals surface area contributed by atoms with Gasteiger partial charge in [-0.25, -0.2) is 4.68 Å². The van der Waals surface area contributed by atoms with Gasteiger partial charge in [-0.15, -0.1) is 0 Å². The highest BCUT2D eigenvalue weighted by atomic mass is 16.3. The van der Waals surface area contributed by atoms with Crippen molar-refractivity contribution in [2.45, 2.75) is 51.2 Å². The molecule has 2 aromatic rings. The first-order chi connectivity index (χ1) is 11.1. The summed E-state index contributed by atoms with van der Waals surface area (Å²) in [6.45, 7) is 2.06. The van der Waals surface area contributed by atoms with E-state index in [2.05, 4.69) is 23.4 Å². The maximum absolute atomic E-state index is 12.6. The third-order valence-electron chi connectivity index (χ3n) is 4.94. The Morgan fingerprint density at radius 1 is 1.30 bits per heavy atom. The van der Waals surface area contributed by atoms with Crippen LogP contribution in [0.3, 0.4) is 0 Å². The van der Waals surface area contributed by atoms with E-state index in [1.165, 1.54) is 0 Å². The van der Waals surface area contributed by atoms with Gasteiger partial charge in [0, 0.05) is 17.3 Å². The molecule has 4 rings (SSSR count). The lowest BCUT2D eigenvalue weighted by molar-refractivity contribution is 0.0560. The van der Waals surface area contributed by atoms with Crippen molar-refractivity contribution >= 4 is 5.91 Å². The molecule has 2 aliphatic rings. The Morgan fingerprint density at radius 2 is 2.09 bits per heavy atom. The first-order valence-corrected chi connectivity index (χ1v) is 8.29. The van der Waals surface area contributed by atoms with E-state index in [1.54, 1.807) is 0 Å². The van der Waals surface area contributed by atoms with Crippen LogP contribution >= 0.6 is 0 Å². The van der Waals surface area contributed by atoms with Crippen LogP contribution in [0.5, 0.6) is 0 Å². The van der Waals surface area contributed by atoms with Gasteiger partial charge in [0.05, 0.1) is 11.8 Å². The van der Waals surface area contributed by atoms with Gasteiger partial charge in [-0.2, -0.15) is 5.10 Å². The molecule has 0 bridgehead atoms. The van der Waals surface area contributed by atoms with Crippen LogP contribution in [0.15, 0.2) is 24.3 Å². The van der Waals surface area contributed by atoms with E-state index in [0.717, 1.165) is 41.8 Å². The van der Waals surface area contributed by atoms with Crippen molar-refractivity contribution in [3.8, 4) is 5.69 Å². The molecular formula is C18H21N3O2. The number of rotatable bonds is 3. The molecule has 0 atom stereocenters. The number of hydrogen-bond acceptors (Lipinski definition) is 3. The largest absolute Gasteiger partial charge is 0.393 e. The minimum Gasteiger partial charge on any atom is -0.393 e. The van der Waals surface area contributed by atoms with E-state index < -0.39 is 0 Å². The van der Waals surface area contributed by atoms with Gasteiger partial charge in [-0.05, 0) is 50.7 Å². The molecule has 0 unspecified atom stereocenters. The van der Waals surface area contributed by atoms with Crippen LogP contribution in [0.25, 0.3) is 5.69 Å². The molecule has 1 heterocycles.